The zero-order valence-corrected chi connectivity index (χ0v) is 15.0. The van der Waals surface area contributed by atoms with Gasteiger partial charge < -0.3 is 10.2 Å². The van der Waals surface area contributed by atoms with Gasteiger partial charge in [-0.05, 0) is 25.7 Å². The number of thioether (sulfide) groups is 2. The van der Waals surface area contributed by atoms with Crippen LogP contribution in [0.2, 0.25) is 0 Å². The van der Waals surface area contributed by atoms with E-state index in [9.17, 15) is 9.59 Å². The van der Waals surface area contributed by atoms with E-state index in [1.54, 1.807) is 23.5 Å². The number of hydrogen-bond donors (Lipinski definition) is 3. The molecule has 1 rings (SSSR count). The molecule has 2 N–H and O–H groups in total. The number of thiol groups is 1. The van der Waals surface area contributed by atoms with Crippen molar-refractivity contribution in [2.45, 2.75) is 66.4 Å². The largest absolute Gasteiger partial charge is 0.481 e. The molecule has 1 aliphatic rings. The van der Waals surface area contributed by atoms with Crippen molar-refractivity contribution in [3.8, 4) is 0 Å². The molecule has 0 radical (unpaired) electrons. The summed E-state index contributed by atoms with van der Waals surface area (Å²) in [5, 5.41) is 18.4. The van der Waals surface area contributed by atoms with E-state index in [0.29, 0.717) is 18.1 Å². The summed E-state index contributed by atoms with van der Waals surface area (Å²) in [7, 11) is 0. The molecule has 2 atom stereocenters. The van der Waals surface area contributed by atoms with Crippen LogP contribution in [0, 0.1) is 0 Å². The highest BCUT2D eigenvalue weighted by Crippen LogP contribution is 2.64. The first-order chi connectivity index (χ1) is 9.83. The Kier molecular flexibility index (Phi) is 7.27. The smallest absolute Gasteiger partial charge is 0.303 e. The molecule has 0 aromatic rings. The van der Waals surface area contributed by atoms with Gasteiger partial charge in [0.1, 0.15) is 0 Å². The van der Waals surface area contributed by atoms with Crippen molar-refractivity contribution in [1.82, 2.24) is 0 Å². The Morgan fingerprint density at radius 2 is 1.67 bits per heavy atom. The van der Waals surface area contributed by atoms with Crippen molar-refractivity contribution >= 4 is 48.1 Å². The number of carbonyl (C=O) groups is 2. The van der Waals surface area contributed by atoms with Gasteiger partial charge in [-0.25, -0.2) is 0 Å². The fraction of sp³-hybridized carbons (Fsp3) is 0.857. The molecule has 1 fully saturated rings. The third-order valence-corrected chi connectivity index (χ3v) is 9.29. The normalized spacial score (nSPS) is 27.7. The predicted octanol–water partition coefficient (Wildman–Crippen LogP) is 3.75. The molecular formula is C14H24O4S3. The van der Waals surface area contributed by atoms with Crippen LogP contribution in [0.25, 0.3) is 0 Å². The molecular weight excluding hydrogens is 328 g/mol. The number of hydrogen-bond acceptors (Lipinski definition) is 5. The minimum absolute atomic E-state index is 0.0134. The lowest BCUT2D eigenvalue weighted by molar-refractivity contribution is -0.137. The maximum Gasteiger partial charge on any atom is 0.303 e. The van der Waals surface area contributed by atoms with Gasteiger partial charge in [-0.2, -0.15) is 12.6 Å². The third-order valence-electron chi connectivity index (χ3n) is 4.01. The van der Waals surface area contributed by atoms with E-state index in [0.717, 1.165) is 18.6 Å². The first-order valence-electron chi connectivity index (χ1n) is 7.25. The monoisotopic (exact) mass is 352 g/mol. The Labute approximate surface area is 140 Å². The fourth-order valence-electron chi connectivity index (χ4n) is 2.77. The minimum atomic E-state index is -0.821. The maximum atomic E-state index is 10.9. The Balaban J connectivity index is 2.96. The highest BCUT2D eigenvalue weighted by Gasteiger charge is 2.53. The van der Waals surface area contributed by atoms with Gasteiger partial charge in [0, 0.05) is 28.6 Å². The molecule has 0 saturated carbocycles. The zero-order chi connectivity index (χ0) is 16.1. The molecule has 0 bridgehead atoms. The third kappa shape index (κ3) is 4.73. The van der Waals surface area contributed by atoms with Crippen molar-refractivity contribution in [3.63, 3.8) is 0 Å². The first-order valence-corrected chi connectivity index (χ1v) is 9.58. The fourth-order valence-corrected chi connectivity index (χ4v) is 8.10. The van der Waals surface area contributed by atoms with Gasteiger partial charge >= 0.3 is 11.9 Å². The highest BCUT2D eigenvalue weighted by atomic mass is 32.2. The molecule has 2 unspecified atom stereocenters. The number of carboxylic acids is 2. The van der Waals surface area contributed by atoms with Gasteiger partial charge in [0.05, 0.1) is 4.08 Å². The second-order valence-corrected chi connectivity index (χ2v) is 9.35. The van der Waals surface area contributed by atoms with Crippen LogP contribution in [-0.4, -0.2) is 42.0 Å². The van der Waals surface area contributed by atoms with Crippen LogP contribution in [0.4, 0.5) is 0 Å². The second kappa shape index (κ2) is 8.02. The van der Waals surface area contributed by atoms with E-state index in [1.165, 1.54) is 0 Å². The van der Waals surface area contributed by atoms with Gasteiger partial charge in [-0.1, -0.05) is 13.8 Å². The Hall–Kier alpha value is -0.0100. The molecule has 0 aromatic carbocycles. The summed E-state index contributed by atoms with van der Waals surface area (Å²) in [4.78, 5) is 21.9. The van der Waals surface area contributed by atoms with Crippen molar-refractivity contribution in [2.75, 3.05) is 5.75 Å². The van der Waals surface area contributed by atoms with Crippen LogP contribution in [0.3, 0.4) is 0 Å². The van der Waals surface area contributed by atoms with Crippen molar-refractivity contribution in [3.05, 3.63) is 0 Å². The summed E-state index contributed by atoms with van der Waals surface area (Å²) < 4.78 is -0.296. The molecule has 0 spiro atoms. The van der Waals surface area contributed by atoms with E-state index in [2.05, 4.69) is 26.5 Å². The van der Waals surface area contributed by atoms with Crippen LogP contribution >= 0.6 is 36.2 Å². The molecule has 4 nitrogen and oxygen atoms in total. The summed E-state index contributed by atoms with van der Waals surface area (Å²) in [5.41, 5.74) is 0. The Bertz CT molecular complexity index is 364. The van der Waals surface area contributed by atoms with E-state index in [1.807, 2.05) is 0 Å². The summed E-state index contributed by atoms with van der Waals surface area (Å²) in [6, 6.07) is 0. The molecule has 1 aliphatic heterocycles. The predicted molar refractivity (Wildman–Crippen MR) is 92.6 cm³/mol. The van der Waals surface area contributed by atoms with Crippen molar-refractivity contribution < 1.29 is 19.8 Å². The molecule has 1 saturated heterocycles. The summed E-state index contributed by atoms with van der Waals surface area (Å²) in [6.07, 6.45) is 3.15. The van der Waals surface area contributed by atoms with Crippen LogP contribution in [0.5, 0.6) is 0 Å². The zero-order valence-electron chi connectivity index (χ0n) is 12.5. The summed E-state index contributed by atoms with van der Waals surface area (Å²) in [6.45, 7) is 4.27. The molecule has 0 aliphatic carbocycles. The molecule has 21 heavy (non-hydrogen) atoms. The summed E-state index contributed by atoms with van der Waals surface area (Å²) in [5.74, 6) is -0.903. The lowest BCUT2D eigenvalue weighted by atomic mass is 10.0. The maximum absolute atomic E-state index is 10.9. The Morgan fingerprint density at radius 3 is 1.95 bits per heavy atom. The lowest BCUT2D eigenvalue weighted by Gasteiger charge is -2.32. The van der Waals surface area contributed by atoms with E-state index >= 15 is 0 Å². The molecule has 7 heteroatoms. The highest BCUT2D eigenvalue weighted by molar-refractivity contribution is 8.22. The van der Waals surface area contributed by atoms with E-state index < -0.39 is 11.9 Å². The van der Waals surface area contributed by atoms with Crippen LogP contribution < -0.4 is 0 Å². The number of carboxylic acid groups (broad SMARTS) is 2. The molecule has 0 aromatic heterocycles. The Morgan fingerprint density at radius 1 is 1.14 bits per heavy atom. The van der Waals surface area contributed by atoms with Gasteiger partial charge in [0.15, 0.2) is 0 Å². The molecule has 0 amide bonds. The van der Waals surface area contributed by atoms with Gasteiger partial charge in [0.2, 0.25) is 0 Å². The standard InChI is InChI=1S/C14H24O4S3/c1-3-10-13(4-2,9-19)21-14(20-10,7-5-11(15)16)8-6-12(17)18/h10,19H,3-9H2,1-2H3,(H,15,16)(H,17,18). The molecule has 122 valence electrons. The average molecular weight is 353 g/mol. The summed E-state index contributed by atoms with van der Waals surface area (Å²) >= 11 is 8.09. The number of aliphatic carboxylic acids is 2. The lowest BCUT2D eigenvalue weighted by Crippen LogP contribution is -2.34. The minimum Gasteiger partial charge on any atom is -0.481 e. The first kappa shape index (κ1) is 19.0. The van der Waals surface area contributed by atoms with Crippen molar-refractivity contribution in [1.29, 1.82) is 0 Å². The van der Waals surface area contributed by atoms with Crippen LogP contribution in [-0.2, 0) is 9.59 Å². The van der Waals surface area contributed by atoms with Gasteiger partial charge in [-0.15, -0.1) is 23.5 Å². The number of rotatable bonds is 9. The average Bonchev–Trinajstić information content (AvgIpc) is 2.78. The van der Waals surface area contributed by atoms with Crippen LogP contribution in [0.1, 0.15) is 52.4 Å². The van der Waals surface area contributed by atoms with Gasteiger partial charge in [0.25, 0.3) is 0 Å². The molecule has 1 heterocycles. The van der Waals surface area contributed by atoms with Gasteiger partial charge in [-0.3, -0.25) is 9.59 Å². The second-order valence-electron chi connectivity index (χ2n) is 5.39. The van der Waals surface area contributed by atoms with E-state index in [4.69, 9.17) is 10.2 Å². The quantitative estimate of drug-likeness (QED) is 0.549. The SMILES string of the molecule is CCC1SC(CCC(=O)O)(CCC(=O)O)SC1(CC)CS. The van der Waals surface area contributed by atoms with Crippen LogP contribution in [0.15, 0.2) is 0 Å². The topological polar surface area (TPSA) is 74.6 Å². The van der Waals surface area contributed by atoms with E-state index in [-0.39, 0.29) is 21.7 Å². The van der Waals surface area contributed by atoms with Crippen molar-refractivity contribution in [2.24, 2.45) is 0 Å².